The first-order valence-electron chi connectivity index (χ1n) is 11.1. The summed E-state index contributed by atoms with van der Waals surface area (Å²) in [4.78, 5) is 18.3. The van der Waals surface area contributed by atoms with Gasteiger partial charge in [0.1, 0.15) is 12.4 Å². The highest BCUT2D eigenvalue weighted by atomic mass is 16.5. The van der Waals surface area contributed by atoms with Gasteiger partial charge < -0.3 is 20.3 Å². The van der Waals surface area contributed by atoms with Crippen LogP contribution in [0.2, 0.25) is 0 Å². The van der Waals surface area contributed by atoms with Crippen molar-refractivity contribution in [3.63, 3.8) is 0 Å². The van der Waals surface area contributed by atoms with Gasteiger partial charge in [-0.3, -0.25) is 4.79 Å². The average Bonchev–Trinajstić information content (AvgIpc) is 2.85. The molecular formula is C27H32N4O2. The van der Waals surface area contributed by atoms with E-state index in [0.717, 1.165) is 34.9 Å². The predicted octanol–water partition coefficient (Wildman–Crippen LogP) is 4.22. The first-order chi connectivity index (χ1) is 16.0. The van der Waals surface area contributed by atoms with Crippen LogP contribution in [0.15, 0.2) is 83.9 Å². The molecule has 6 heteroatoms. The highest BCUT2D eigenvalue weighted by Crippen LogP contribution is 2.15. The summed E-state index contributed by atoms with van der Waals surface area (Å²) in [5.41, 5.74) is 4.01. The predicted molar refractivity (Wildman–Crippen MR) is 133 cm³/mol. The molecular weight excluding hydrogens is 412 g/mol. The van der Waals surface area contributed by atoms with E-state index in [0.29, 0.717) is 25.3 Å². The van der Waals surface area contributed by atoms with E-state index in [4.69, 9.17) is 4.74 Å². The van der Waals surface area contributed by atoms with Crippen LogP contribution in [-0.4, -0.2) is 37.4 Å². The Morgan fingerprint density at radius 3 is 2.15 bits per heavy atom. The number of guanidine groups is 1. The average molecular weight is 445 g/mol. The Bertz CT molecular complexity index is 1030. The molecule has 0 aliphatic rings. The lowest BCUT2D eigenvalue weighted by molar-refractivity contribution is 0.0827. The molecule has 172 valence electrons. The van der Waals surface area contributed by atoms with Crippen molar-refractivity contribution in [3.8, 4) is 5.75 Å². The normalized spacial score (nSPS) is 11.1. The molecule has 6 nitrogen and oxygen atoms in total. The van der Waals surface area contributed by atoms with Crippen molar-refractivity contribution in [3.05, 3.63) is 101 Å². The number of ether oxygens (including phenoxy) is 1. The zero-order chi connectivity index (χ0) is 23.5. The van der Waals surface area contributed by atoms with Crippen molar-refractivity contribution in [2.75, 3.05) is 20.6 Å². The van der Waals surface area contributed by atoms with Crippen molar-refractivity contribution in [2.24, 2.45) is 4.99 Å². The summed E-state index contributed by atoms with van der Waals surface area (Å²) in [5, 5.41) is 6.62. The molecule has 33 heavy (non-hydrogen) atoms. The van der Waals surface area contributed by atoms with E-state index in [1.54, 1.807) is 19.0 Å². The summed E-state index contributed by atoms with van der Waals surface area (Å²) in [7, 11) is 3.50. The number of nitrogens with zero attached hydrogens (tertiary/aromatic N) is 2. The molecule has 0 aliphatic carbocycles. The fourth-order valence-electron chi connectivity index (χ4n) is 3.15. The number of nitrogens with one attached hydrogen (secondary N) is 2. The molecule has 0 aliphatic heterocycles. The van der Waals surface area contributed by atoms with Gasteiger partial charge in [-0.15, -0.1) is 0 Å². The second kappa shape index (κ2) is 12.3. The van der Waals surface area contributed by atoms with E-state index >= 15 is 0 Å². The largest absolute Gasteiger partial charge is 0.489 e. The Morgan fingerprint density at radius 2 is 1.52 bits per heavy atom. The molecule has 0 saturated heterocycles. The number of carbonyl (C=O) groups excluding carboxylic acids is 1. The van der Waals surface area contributed by atoms with Crippen molar-refractivity contribution in [2.45, 2.75) is 26.6 Å². The Balaban J connectivity index is 1.52. The third-order valence-corrected chi connectivity index (χ3v) is 5.00. The molecule has 0 unspecified atom stereocenters. The first-order valence-corrected chi connectivity index (χ1v) is 11.1. The monoisotopic (exact) mass is 444 g/mol. The third-order valence-electron chi connectivity index (χ3n) is 5.00. The van der Waals surface area contributed by atoms with E-state index in [9.17, 15) is 4.79 Å². The molecule has 0 radical (unpaired) electrons. The second-order valence-electron chi connectivity index (χ2n) is 7.86. The Kier molecular flexibility index (Phi) is 8.88. The summed E-state index contributed by atoms with van der Waals surface area (Å²) in [6.07, 6.45) is 0. The fourth-order valence-corrected chi connectivity index (χ4v) is 3.15. The maximum atomic E-state index is 12.0. The quantitative estimate of drug-likeness (QED) is 0.383. The highest BCUT2D eigenvalue weighted by Gasteiger charge is 2.07. The van der Waals surface area contributed by atoms with Crippen LogP contribution in [0.3, 0.4) is 0 Å². The van der Waals surface area contributed by atoms with Crippen molar-refractivity contribution < 1.29 is 9.53 Å². The number of carbonyl (C=O) groups is 1. The lowest BCUT2D eigenvalue weighted by Gasteiger charge is -2.13. The molecule has 3 aromatic carbocycles. The van der Waals surface area contributed by atoms with Crippen molar-refractivity contribution in [1.29, 1.82) is 0 Å². The number of hydrogen-bond donors (Lipinski definition) is 2. The van der Waals surface area contributed by atoms with Crippen molar-refractivity contribution >= 4 is 11.9 Å². The van der Waals surface area contributed by atoms with E-state index in [1.807, 2.05) is 73.7 Å². The molecule has 0 spiro atoms. The number of aliphatic imine (C=N–C) groups is 1. The Labute approximate surface area is 196 Å². The van der Waals surface area contributed by atoms with Gasteiger partial charge in [0.25, 0.3) is 5.91 Å². The van der Waals surface area contributed by atoms with Crippen molar-refractivity contribution in [1.82, 2.24) is 15.5 Å². The topological polar surface area (TPSA) is 66.0 Å². The number of rotatable bonds is 9. The van der Waals surface area contributed by atoms with E-state index < -0.39 is 0 Å². The SMILES string of the molecule is CCNC(=NCc1ccc(OCc2ccccc2)cc1)NCc1ccc(C(=O)N(C)C)cc1. The smallest absolute Gasteiger partial charge is 0.253 e. The molecule has 3 rings (SSSR count). The summed E-state index contributed by atoms with van der Waals surface area (Å²) in [6.45, 7) is 4.54. The van der Waals surface area contributed by atoms with Gasteiger partial charge in [0, 0.05) is 32.7 Å². The van der Waals surface area contributed by atoms with Gasteiger partial charge in [-0.2, -0.15) is 0 Å². The highest BCUT2D eigenvalue weighted by molar-refractivity contribution is 5.93. The van der Waals surface area contributed by atoms with Gasteiger partial charge in [-0.05, 0) is 47.9 Å². The van der Waals surface area contributed by atoms with E-state index in [2.05, 4.69) is 27.8 Å². The zero-order valence-electron chi connectivity index (χ0n) is 19.5. The second-order valence-corrected chi connectivity index (χ2v) is 7.86. The standard InChI is InChI=1S/C27H32N4O2/c1-4-28-27(29-18-21-10-14-24(15-11-21)26(32)31(2)3)30-19-22-12-16-25(17-13-22)33-20-23-8-6-5-7-9-23/h5-17H,4,18-20H2,1-3H3,(H2,28,29,30). The van der Waals surface area contributed by atoms with Crippen LogP contribution >= 0.6 is 0 Å². The van der Waals surface area contributed by atoms with Gasteiger partial charge in [-0.1, -0.05) is 54.6 Å². The third kappa shape index (κ3) is 7.68. The molecule has 0 saturated carbocycles. The first kappa shape index (κ1) is 23.9. The van der Waals surface area contributed by atoms with Crippen LogP contribution in [0.4, 0.5) is 0 Å². The van der Waals surface area contributed by atoms with Crippen LogP contribution in [0.5, 0.6) is 5.75 Å². The van der Waals surface area contributed by atoms with Gasteiger partial charge in [0.2, 0.25) is 0 Å². The minimum Gasteiger partial charge on any atom is -0.489 e. The lowest BCUT2D eigenvalue weighted by atomic mass is 10.1. The Morgan fingerprint density at radius 1 is 0.848 bits per heavy atom. The number of benzene rings is 3. The summed E-state index contributed by atoms with van der Waals surface area (Å²) in [6, 6.07) is 25.8. The zero-order valence-corrected chi connectivity index (χ0v) is 19.5. The number of amides is 1. The molecule has 1 amide bonds. The van der Waals surface area contributed by atoms with Crippen LogP contribution in [-0.2, 0) is 19.7 Å². The summed E-state index contributed by atoms with van der Waals surface area (Å²) in [5.74, 6) is 1.59. The van der Waals surface area contributed by atoms with Gasteiger partial charge >= 0.3 is 0 Å². The minimum atomic E-state index is 0.000828. The molecule has 3 aromatic rings. The molecule has 2 N–H and O–H groups in total. The number of hydrogen-bond acceptors (Lipinski definition) is 3. The molecule has 0 bridgehead atoms. The molecule has 0 atom stereocenters. The fraction of sp³-hybridized carbons (Fsp3) is 0.259. The maximum absolute atomic E-state index is 12.0. The van der Waals surface area contributed by atoms with E-state index in [-0.39, 0.29) is 5.91 Å². The van der Waals surface area contributed by atoms with Gasteiger partial charge in [0.05, 0.1) is 6.54 Å². The summed E-state index contributed by atoms with van der Waals surface area (Å²) < 4.78 is 5.85. The molecule has 0 aromatic heterocycles. The van der Waals surface area contributed by atoms with Gasteiger partial charge in [-0.25, -0.2) is 4.99 Å². The van der Waals surface area contributed by atoms with Crippen LogP contribution < -0.4 is 15.4 Å². The maximum Gasteiger partial charge on any atom is 0.253 e. The lowest BCUT2D eigenvalue weighted by Crippen LogP contribution is -2.36. The van der Waals surface area contributed by atoms with Crippen LogP contribution in [0.1, 0.15) is 34.0 Å². The van der Waals surface area contributed by atoms with E-state index in [1.165, 1.54) is 0 Å². The molecule has 0 fully saturated rings. The van der Waals surface area contributed by atoms with Crippen LogP contribution in [0.25, 0.3) is 0 Å². The Hall–Kier alpha value is -3.80. The minimum absolute atomic E-state index is 0.000828. The van der Waals surface area contributed by atoms with Gasteiger partial charge in [0.15, 0.2) is 5.96 Å². The van der Waals surface area contributed by atoms with Crippen LogP contribution in [0, 0.1) is 0 Å². The molecule has 0 heterocycles. The summed E-state index contributed by atoms with van der Waals surface area (Å²) >= 11 is 0.